The zero-order valence-electron chi connectivity index (χ0n) is 19.3. The molecule has 0 aliphatic carbocycles. The number of carbonyl (C=O) groups excluding carboxylic acids is 2. The zero-order chi connectivity index (χ0) is 23.6. The number of nitrogens with zero attached hydrogens (tertiary/aromatic N) is 4. The summed E-state index contributed by atoms with van der Waals surface area (Å²) in [6, 6.07) is 6.14. The lowest BCUT2D eigenvalue weighted by Crippen LogP contribution is -2.36. The molecule has 0 bridgehead atoms. The first-order valence-corrected chi connectivity index (χ1v) is 11.7. The molecule has 9 nitrogen and oxygen atoms in total. The van der Waals surface area contributed by atoms with Crippen LogP contribution in [0, 0.1) is 5.92 Å². The summed E-state index contributed by atoms with van der Waals surface area (Å²) in [6.45, 7) is 7.65. The number of aromatic nitrogens is 3. The summed E-state index contributed by atoms with van der Waals surface area (Å²) < 4.78 is 12.5. The zero-order valence-corrected chi connectivity index (χ0v) is 20.1. The van der Waals surface area contributed by atoms with Crippen LogP contribution in [0.4, 0.5) is 9.93 Å². The lowest BCUT2D eigenvalue weighted by Gasteiger charge is -2.24. The predicted octanol–water partition coefficient (Wildman–Crippen LogP) is 4.00. The van der Waals surface area contributed by atoms with Crippen LogP contribution in [0.2, 0.25) is 0 Å². The Labute approximate surface area is 196 Å². The Bertz CT molecular complexity index is 1150. The summed E-state index contributed by atoms with van der Waals surface area (Å²) >= 11 is 1.42. The van der Waals surface area contributed by atoms with Gasteiger partial charge in [0.25, 0.3) is 0 Å². The highest BCUT2D eigenvalue weighted by atomic mass is 32.1. The van der Waals surface area contributed by atoms with Crippen molar-refractivity contribution in [3.63, 3.8) is 0 Å². The van der Waals surface area contributed by atoms with Gasteiger partial charge in [-0.15, -0.1) is 0 Å². The Morgan fingerprint density at radius 3 is 2.85 bits per heavy atom. The molecule has 1 aliphatic rings. The lowest BCUT2D eigenvalue weighted by molar-refractivity contribution is -0.119. The number of amides is 2. The fourth-order valence-electron chi connectivity index (χ4n) is 3.74. The maximum atomic E-state index is 12.7. The van der Waals surface area contributed by atoms with Gasteiger partial charge in [-0.25, -0.2) is 9.78 Å². The molecule has 0 unspecified atom stereocenters. The first-order valence-electron chi connectivity index (χ1n) is 10.9. The second-order valence-corrected chi connectivity index (χ2v) is 10.1. The molecule has 1 aliphatic heterocycles. The monoisotopic (exact) mass is 471 g/mol. The van der Waals surface area contributed by atoms with Crippen molar-refractivity contribution in [3.8, 4) is 10.4 Å². The second kappa shape index (κ2) is 9.48. The molecule has 33 heavy (non-hydrogen) atoms. The number of benzene rings is 1. The van der Waals surface area contributed by atoms with Crippen molar-refractivity contribution in [2.75, 3.05) is 32.1 Å². The Morgan fingerprint density at radius 1 is 1.27 bits per heavy atom. The molecule has 2 aromatic heterocycles. The third kappa shape index (κ3) is 5.51. The largest absolute Gasteiger partial charge is 0.444 e. The maximum absolute atomic E-state index is 12.7. The maximum Gasteiger partial charge on any atom is 0.410 e. The number of anilines is 1. The molecule has 176 valence electrons. The Kier molecular flexibility index (Phi) is 6.66. The second-order valence-electron chi connectivity index (χ2n) is 9.06. The van der Waals surface area contributed by atoms with E-state index in [4.69, 9.17) is 9.47 Å². The van der Waals surface area contributed by atoms with Gasteiger partial charge in [0.15, 0.2) is 5.13 Å². The smallest absolute Gasteiger partial charge is 0.410 e. The number of thiazole rings is 1. The summed E-state index contributed by atoms with van der Waals surface area (Å²) in [5.74, 6) is -0.406. The predicted molar refractivity (Wildman–Crippen MR) is 127 cm³/mol. The summed E-state index contributed by atoms with van der Waals surface area (Å²) in [5, 5.41) is 8.91. The Morgan fingerprint density at radius 2 is 2.09 bits per heavy atom. The molecule has 4 rings (SSSR count). The van der Waals surface area contributed by atoms with E-state index in [1.807, 2.05) is 43.8 Å². The molecule has 0 radical (unpaired) electrons. The number of hydrogen-bond acceptors (Lipinski definition) is 7. The van der Waals surface area contributed by atoms with Gasteiger partial charge in [0.2, 0.25) is 5.91 Å². The first-order chi connectivity index (χ1) is 15.7. The SMILES string of the molecule is COCCn1ncc2cc(-c3cnc(NC(=O)[C@H]4CCN(C(=O)OC(C)(C)C)C4)s3)ccc21. The number of likely N-dealkylation sites (tertiary alicyclic amines) is 1. The molecular formula is C23H29N5O4S. The molecular weight excluding hydrogens is 442 g/mol. The van der Waals surface area contributed by atoms with E-state index in [9.17, 15) is 9.59 Å². The van der Waals surface area contributed by atoms with E-state index in [0.717, 1.165) is 21.3 Å². The molecule has 1 saturated heterocycles. The van der Waals surface area contributed by atoms with E-state index in [1.54, 1.807) is 18.2 Å². The minimum absolute atomic E-state index is 0.128. The van der Waals surface area contributed by atoms with Crippen LogP contribution in [0.25, 0.3) is 21.3 Å². The number of ether oxygens (including phenoxy) is 2. The third-order valence-electron chi connectivity index (χ3n) is 5.38. The molecule has 1 atom stereocenters. The van der Waals surface area contributed by atoms with E-state index < -0.39 is 5.60 Å². The lowest BCUT2D eigenvalue weighted by atomic mass is 10.1. The summed E-state index contributed by atoms with van der Waals surface area (Å²) in [7, 11) is 1.67. The number of nitrogens with one attached hydrogen (secondary N) is 1. The number of fused-ring (bicyclic) bond motifs is 1. The number of rotatable bonds is 6. The van der Waals surface area contributed by atoms with Crippen molar-refractivity contribution in [1.29, 1.82) is 0 Å². The molecule has 3 aromatic rings. The average molecular weight is 472 g/mol. The van der Waals surface area contributed by atoms with Crippen LogP contribution in [0.15, 0.2) is 30.6 Å². The summed E-state index contributed by atoms with van der Waals surface area (Å²) in [5.41, 5.74) is 1.51. The first kappa shape index (κ1) is 23.2. The molecule has 3 heterocycles. The fraction of sp³-hybridized carbons (Fsp3) is 0.478. The molecule has 2 amide bonds. The Balaban J connectivity index is 1.38. The number of hydrogen-bond donors (Lipinski definition) is 1. The van der Waals surface area contributed by atoms with Gasteiger partial charge < -0.3 is 19.7 Å². The number of methoxy groups -OCH3 is 1. The number of carbonyl (C=O) groups is 2. The van der Waals surface area contributed by atoms with Gasteiger partial charge in [-0.05, 0) is 44.9 Å². The minimum Gasteiger partial charge on any atom is -0.444 e. The molecule has 0 saturated carbocycles. The van der Waals surface area contributed by atoms with Gasteiger partial charge in [-0.1, -0.05) is 17.4 Å². The van der Waals surface area contributed by atoms with Crippen LogP contribution in [0.1, 0.15) is 27.2 Å². The Hall–Kier alpha value is -2.98. The van der Waals surface area contributed by atoms with Crippen molar-refractivity contribution in [2.24, 2.45) is 5.92 Å². The van der Waals surface area contributed by atoms with Gasteiger partial charge in [0, 0.05) is 31.8 Å². The highest BCUT2D eigenvalue weighted by Crippen LogP contribution is 2.32. The van der Waals surface area contributed by atoms with E-state index in [0.29, 0.717) is 37.8 Å². The molecule has 1 fully saturated rings. The van der Waals surface area contributed by atoms with Crippen LogP contribution in [-0.4, -0.2) is 64.1 Å². The van der Waals surface area contributed by atoms with Gasteiger partial charge in [-0.2, -0.15) is 5.10 Å². The van der Waals surface area contributed by atoms with Gasteiger partial charge in [-0.3, -0.25) is 9.48 Å². The van der Waals surface area contributed by atoms with Crippen molar-refractivity contribution in [3.05, 3.63) is 30.6 Å². The van der Waals surface area contributed by atoms with Gasteiger partial charge in [0.05, 0.1) is 35.7 Å². The van der Waals surface area contributed by atoms with Crippen LogP contribution < -0.4 is 5.32 Å². The standard InChI is InChI=1S/C23H29N5O4S/c1-23(2,3)32-22(30)27-8-7-16(14-27)20(29)26-21-24-13-19(33-21)15-5-6-18-17(11-15)12-25-28(18)9-10-31-4/h5-6,11-13,16H,7-10,14H2,1-4H3,(H,24,26,29)/t16-/m0/s1. The van der Waals surface area contributed by atoms with E-state index >= 15 is 0 Å². The van der Waals surface area contributed by atoms with Crippen molar-refractivity contribution in [2.45, 2.75) is 39.3 Å². The molecule has 1 N–H and O–H groups in total. The van der Waals surface area contributed by atoms with E-state index in [-0.39, 0.29) is 17.9 Å². The normalized spacial score (nSPS) is 16.4. The van der Waals surface area contributed by atoms with Crippen molar-refractivity contribution in [1.82, 2.24) is 19.7 Å². The van der Waals surface area contributed by atoms with E-state index in [2.05, 4.69) is 21.5 Å². The van der Waals surface area contributed by atoms with Crippen LogP contribution in [0.3, 0.4) is 0 Å². The van der Waals surface area contributed by atoms with Gasteiger partial charge in [0.1, 0.15) is 5.60 Å². The van der Waals surface area contributed by atoms with Crippen molar-refractivity contribution >= 4 is 39.4 Å². The van der Waals surface area contributed by atoms with Crippen LogP contribution in [0.5, 0.6) is 0 Å². The fourth-order valence-corrected chi connectivity index (χ4v) is 4.55. The van der Waals surface area contributed by atoms with Crippen molar-refractivity contribution < 1.29 is 19.1 Å². The molecule has 10 heteroatoms. The van der Waals surface area contributed by atoms with E-state index in [1.165, 1.54) is 11.3 Å². The summed E-state index contributed by atoms with van der Waals surface area (Å²) in [6.07, 6.45) is 3.83. The topological polar surface area (TPSA) is 98.6 Å². The molecule has 1 aromatic carbocycles. The van der Waals surface area contributed by atoms with Crippen LogP contribution >= 0.6 is 11.3 Å². The van der Waals surface area contributed by atoms with Gasteiger partial charge >= 0.3 is 6.09 Å². The quantitative estimate of drug-likeness (QED) is 0.583. The highest BCUT2D eigenvalue weighted by Gasteiger charge is 2.33. The average Bonchev–Trinajstić information content (AvgIpc) is 3.50. The molecule has 0 spiro atoms. The summed E-state index contributed by atoms with van der Waals surface area (Å²) in [4.78, 5) is 31.9. The van der Waals surface area contributed by atoms with Crippen LogP contribution in [-0.2, 0) is 20.8 Å². The third-order valence-corrected chi connectivity index (χ3v) is 6.34. The minimum atomic E-state index is -0.555. The highest BCUT2D eigenvalue weighted by molar-refractivity contribution is 7.19.